The highest BCUT2D eigenvalue weighted by Crippen LogP contribution is 2.31. The van der Waals surface area contributed by atoms with Crippen molar-refractivity contribution in [2.24, 2.45) is 5.92 Å². The van der Waals surface area contributed by atoms with Gasteiger partial charge < -0.3 is 15.4 Å². The Morgan fingerprint density at radius 2 is 2.28 bits per heavy atom. The molecule has 5 nitrogen and oxygen atoms in total. The van der Waals surface area contributed by atoms with Crippen LogP contribution < -0.4 is 10.6 Å². The summed E-state index contributed by atoms with van der Waals surface area (Å²) in [6.07, 6.45) is 0.148. The lowest BCUT2D eigenvalue weighted by atomic mass is 10.1. The smallest absolute Gasteiger partial charge is 0.311 e. The van der Waals surface area contributed by atoms with E-state index in [0.29, 0.717) is 16.4 Å². The number of nitrogen functional groups attached to an aromatic ring is 1. The van der Waals surface area contributed by atoms with Crippen molar-refractivity contribution in [3.8, 4) is 0 Å². The van der Waals surface area contributed by atoms with Crippen LogP contribution in [0.5, 0.6) is 0 Å². The molecule has 0 bridgehead atoms. The van der Waals surface area contributed by atoms with E-state index >= 15 is 0 Å². The van der Waals surface area contributed by atoms with Crippen LogP contribution >= 0.6 is 11.6 Å². The number of anilines is 2. The molecule has 0 saturated carbocycles. The zero-order valence-electron chi connectivity index (χ0n) is 9.85. The molecule has 18 heavy (non-hydrogen) atoms. The van der Waals surface area contributed by atoms with E-state index in [2.05, 4.69) is 4.74 Å². The van der Waals surface area contributed by atoms with E-state index in [9.17, 15) is 9.59 Å². The van der Waals surface area contributed by atoms with E-state index in [1.54, 1.807) is 18.2 Å². The maximum atomic E-state index is 11.9. The summed E-state index contributed by atoms with van der Waals surface area (Å²) in [7, 11) is 1.31. The summed E-state index contributed by atoms with van der Waals surface area (Å²) >= 11 is 5.80. The molecule has 1 aromatic carbocycles. The minimum Gasteiger partial charge on any atom is -0.469 e. The van der Waals surface area contributed by atoms with Gasteiger partial charge >= 0.3 is 5.97 Å². The van der Waals surface area contributed by atoms with Gasteiger partial charge in [0.25, 0.3) is 0 Å². The first kappa shape index (κ1) is 12.7. The van der Waals surface area contributed by atoms with Gasteiger partial charge in [-0.3, -0.25) is 9.59 Å². The van der Waals surface area contributed by atoms with E-state index in [0.717, 1.165) is 0 Å². The largest absolute Gasteiger partial charge is 0.469 e. The molecule has 0 radical (unpaired) electrons. The first-order valence-corrected chi connectivity index (χ1v) is 5.84. The number of methoxy groups -OCH3 is 1. The highest BCUT2D eigenvalue weighted by molar-refractivity contribution is 6.31. The van der Waals surface area contributed by atoms with Crippen molar-refractivity contribution in [3.05, 3.63) is 23.2 Å². The second-order valence-corrected chi connectivity index (χ2v) is 4.57. The van der Waals surface area contributed by atoms with Gasteiger partial charge in [-0.25, -0.2) is 0 Å². The highest BCUT2D eigenvalue weighted by Gasteiger charge is 2.36. The Kier molecular flexibility index (Phi) is 3.43. The summed E-state index contributed by atoms with van der Waals surface area (Å²) in [5, 5.41) is 0.507. The first-order chi connectivity index (χ1) is 8.52. The molecule has 1 aromatic rings. The van der Waals surface area contributed by atoms with Crippen molar-refractivity contribution in [3.63, 3.8) is 0 Å². The van der Waals surface area contributed by atoms with Crippen LogP contribution in [0.3, 0.4) is 0 Å². The van der Waals surface area contributed by atoms with Crippen LogP contribution in [-0.2, 0) is 14.3 Å². The molecule has 0 aromatic heterocycles. The lowest BCUT2D eigenvalue weighted by Gasteiger charge is -2.18. The van der Waals surface area contributed by atoms with Crippen molar-refractivity contribution in [2.75, 3.05) is 24.3 Å². The summed E-state index contributed by atoms with van der Waals surface area (Å²) in [6.45, 7) is 0.289. The lowest BCUT2D eigenvalue weighted by Crippen LogP contribution is -2.26. The van der Waals surface area contributed by atoms with Crippen LogP contribution in [-0.4, -0.2) is 25.5 Å². The normalized spacial score (nSPS) is 19.1. The number of halogens is 1. The molecule has 1 aliphatic heterocycles. The molecule has 1 unspecified atom stereocenters. The fourth-order valence-corrected chi connectivity index (χ4v) is 2.22. The molecule has 2 N–H and O–H groups in total. The van der Waals surface area contributed by atoms with E-state index in [-0.39, 0.29) is 24.8 Å². The first-order valence-electron chi connectivity index (χ1n) is 5.46. The number of hydrogen-bond acceptors (Lipinski definition) is 4. The molecule has 0 spiro atoms. The van der Waals surface area contributed by atoms with Crippen LogP contribution in [0.2, 0.25) is 5.02 Å². The van der Waals surface area contributed by atoms with Crippen molar-refractivity contribution in [1.82, 2.24) is 0 Å². The molecule has 6 heteroatoms. The summed E-state index contributed by atoms with van der Waals surface area (Å²) in [6, 6.07) is 4.91. The standard InChI is InChI=1S/C12H13ClN2O3/c1-18-12(17)7-4-11(16)15(6-7)10-3-2-8(13)5-9(10)14/h2-3,5,7H,4,6,14H2,1H3. The molecule has 1 aliphatic rings. The van der Waals surface area contributed by atoms with Crippen LogP contribution in [0.1, 0.15) is 6.42 Å². The molecule has 2 rings (SSSR count). The molecular weight excluding hydrogens is 256 g/mol. The van der Waals surface area contributed by atoms with Crippen LogP contribution in [0.15, 0.2) is 18.2 Å². The fourth-order valence-electron chi connectivity index (χ4n) is 2.04. The topological polar surface area (TPSA) is 72.6 Å². The van der Waals surface area contributed by atoms with Gasteiger partial charge in [0.15, 0.2) is 0 Å². The van der Waals surface area contributed by atoms with Gasteiger partial charge in [0.05, 0.1) is 24.4 Å². The van der Waals surface area contributed by atoms with Gasteiger partial charge in [-0.2, -0.15) is 0 Å². The van der Waals surface area contributed by atoms with Crippen LogP contribution in [0.4, 0.5) is 11.4 Å². The molecule has 1 saturated heterocycles. The second kappa shape index (κ2) is 4.86. The minimum absolute atomic E-state index is 0.139. The quantitative estimate of drug-likeness (QED) is 0.651. The average molecular weight is 269 g/mol. The van der Waals surface area contributed by atoms with Gasteiger partial charge in [-0.05, 0) is 18.2 Å². The SMILES string of the molecule is COC(=O)C1CC(=O)N(c2ccc(Cl)cc2N)C1. The third-order valence-electron chi connectivity index (χ3n) is 2.94. The molecular formula is C12H13ClN2O3. The number of carbonyl (C=O) groups excluding carboxylic acids is 2. The Hall–Kier alpha value is -1.75. The van der Waals surface area contributed by atoms with Gasteiger partial charge in [0.1, 0.15) is 0 Å². The lowest BCUT2D eigenvalue weighted by molar-refractivity contribution is -0.145. The summed E-state index contributed by atoms with van der Waals surface area (Å²) in [5.74, 6) is -0.949. The summed E-state index contributed by atoms with van der Waals surface area (Å²) in [5.41, 5.74) is 6.82. The van der Waals surface area contributed by atoms with E-state index in [4.69, 9.17) is 17.3 Å². The molecule has 1 heterocycles. The van der Waals surface area contributed by atoms with Crippen LogP contribution in [0.25, 0.3) is 0 Å². The van der Waals surface area contributed by atoms with Crippen molar-refractivity contribution < 1.29 is 14.3 Å². The minimum atomic E-state index is -0.433. The molecule has 0 aliphatic carbocycles. The van der Waals surface area contributed by atoms with Gasteiger partial charge in [-0.1, -0.05) is 11.6 Å². The predicted octanol–water partition coefficient (Wildman–Crippen LogP) is 1.45. The van der Waals surface area contributed by atoms with E-state index in [1.165, 1.54) is 12.0 Å². The zero-order chi connectivity index (χ0) is 13.3. The van der Waals surface area contributed by atoms with E-state index in [1.807, 2.05) is 0 Å². The van der Waals surface area contributed by atoms with Gasteiger partial charge in [0, 0.05) is 18.0 Å². The van der Waals surface area contributed by atoms with Gasteiger partial charge in [-0.15, -0.1) is 0 Å². The van der Waals surface area contributed by atoms with Gasteiger partial charge in [0.2, 0.25) is 5.91 Å². The average Bonchev–Trinajstić information content (AvgIpc) is 2.70. The summed E-state index contributed by atoms with van der Waals surface area (Å²) in [4.78, 5) is 24.8. The van der Waals surface area contributed by atoms with Crippen molar-refractivity contribution in [2.45, 2.75) is 6.42 Å². The monoisotopic (exact) mass is 268 g/mol. The fraction of sp³-hybridized carbons (Fsp3) is 0.333. The molecule has 1 fully saturated rings. The number of amides is 1. The molecule has 96 valence electrons. The van der Waals surface area contributed by atoms with Crippen LogP contribution in [0, 0.1) is 5.92 Å². The number of carbonyl (C=O) groups is 2. The number of rotatable bonds is 2. The Balaban J connectivity index is 2.24. The number of nitrogens with zero attached hydrogens (tertiary/aromatic N) is 1. The Labute approximate surface area is 109 Å². The molecule has 1 amide bonds. The summed E-state index contributed by atoms with van der Waals surface area (Å²) < 4.78 is 4.65. The highest BCUT2D eigenvalue weighted by atomic mass is 35.5. The second-order valence-electron chi connectivity index (χ2n) is 4.13. The number of ether oxygens (including phenoxy) is 1. The van der Waals surface area contributed by atoms with E-state index < -0.39 is 5.92 Å². The van der Waals surface area contributed by atoms with Crippen molar-refractivity contribution >= 4 is 34.9 Å². The third-order valence-corrected chi connectivity index (χ3v) is 3.18. The van der Waals surface area contributed by atoms with Crippen molar-refractivity contribution in [1.29, 1.82) is 0 Å². The maximum Gasteiger partial charge on any atom is 0.311 e. The number of nitrogens with two attached hydrogens (primary N) is 1. The Morgan fingerprint density at radius 1 is 1.56 bits per heavy atom. The molecule has 1 atom stereocenters. The predicted molar refractivity (Wildman–Crippen MR) is 68.3 cm³/mol. The third kappa shape index (κ3) is 2.26. The number of esters is 1. The number of benzene rings is 1. The maximum absolute atomic E-state index is 11.9. The Bertz CT molecular complexity index is 504. The Morgan fingerprint density at radius 3 is 2.89 bits per heavy atom. The zero-order valence-corrected chi connectivity index (χ0v) is 10.6. The number of hydrogen-bond donors (Lipinski definition) is 1.